The Balaban J connectivity index is 0.000000333. The number of aliphatic carboxylic acids is 4. The first-order chi connectivity index (χ1) is 14.6. The number of rotatable bonds is 3. The zero-order chi connectivity index (χ0) is 23.4. The molecule has 1 saturated heterocycles. The van der Waals surface area contributed by atoms with Crippen molar-refractivity contribution in [2.75, 3.05) is 13.6 Å². The molecule has 31 heavy (non-hydrogen) atoms. The number of carboxylic acids is 4. The first kappa shape index (κ1) is 25.2. The van der Waals surface area contributed by atoms with Gasteiger partial charge in [0.2, 0.25) is 0 Å². The lowest BCUT2D eigenvalue weighted by Crippen LogP contribution is -2.17. The van der Waals surface area contributed by atoms with Gasteiger partial charge in [0.15, 0.2) is 0 Å². The molecule has 0 spiro atoms. The fourth-order valence-corrected chi connectivity index (χ4v) is 2.87. The Hall–Kier alpha value is -3.79. The van der Waals surface area contributed by atoms with Gasteiger partial charge in [0.05, 0.1) is 0 Å². The predicted octanol–water partition coefficient (Wildman–Crippen LogP) is 1.75. The Kier molecular flexibility index (Phi) is 10.3. The molecule has 4 N–H and O–H groups in total. The summed E-state index contributed by atoms with van der Waals surface area (Å²) in [6.07, 6.45) is 5.54. The van der Waals surface area contributed by atoms with E-state index >= 15 is 0 Å². The van der Waals surface area contributed by atoms with Crippen molar-refractivity contribution in [2.45, 2.75) is 25.3 Å². The predicted molar refractivity (Wildman–Crippen MR) is 109 cm³/mol. The second-order valence-corrected chi connectivity index (χ2v) is 6.60. The summed E-state index contributed by atoms with van der Waals surface area (Å²) in [7, 11) is 2.20. The SMILES string of the molecule is CN1CCCC1c1ccc(Cc2ccccc2)nc1.O=C(O)C(=O)O.O=C(O)C(=O)O. The normalized spacial score (nSPS) is 14.9. The van der Waals surface area contributed by atoms with Gasteiger partial charge in [-0.15, -0.1) is 0 Å². The molecule has 1 aliphatic heterocycles. The van der Waals surface area contributed by atoms with Crippen molar-refractivity contribution in [1.82, 2.24) is 9.88 Å². The molecule has 1 unspecified atom stereocenters. The van der Waals surface area contributed by atoms with Crippen molar-refractivity contribution >= 4 is 23.9 Å². The van der Waals surface area contributed by atoms with Gasteiger partial charge >= 0.3 is 23.9 Å². The van der Waals surface area contributed by atoms with E-state index < -0.39 is 23.9 Å². The maximum atomic E-state index is 9.10. The lowest BCUT2D eigenvalue weighted by Gasteiger charge is -2.19. The van der Waals surface area contributed by atoms with Gasteiger partial charge in [-0.3, -0.25) is 9.88 Å². The number of aromatic nitrogens is 1. The monoisotopic (exact) mass is 432 g/mol. The Bertz CT molecular complexity index is 836. The Morgan fingerprint density at radius 1 is 0.903 bits per heavy atom. The molecule has 166 valence electrons. The average molecular weight is 432 g/mol. The third kappa shape index (κ3) is 9.50. The number of likely N-dealkylation sites (tertiary alicyclic amines) is 1. The third-order valence-corrected chi connectivity index (χ3v) is 4.35. The number of benzene rings is 1. The molecule has 10 heteroatoms. The first-order valence-electron chi connectivity index (χ1n) is 9.23. The van der Waals surface area contributed by atoms with E-state index in [1.54, 1.807) is 0 Å². The molecule has 3 rings (SSSR count). The second kappa shape index (κ2) is 12.7. The summed E-state index contributed by atoms with van der Waals surface area (Å²) in [5, 5.41) is 29.6. The average Bonchev–Trinajstić information content (AvgIpc) is 3.16. The molecule has 1 fully saturated rings. The van der Waals surface area contributed by atoms with Crippen LogP contribution in [0.25, 0.3) is 0 Å². The fraction of sp³-hybridized carbons (Fsp3) is 0.286. The van der Waals surface area contributed by atoms with Crippen LogP contribution >= 0.6 is 0 Å². The lowest BCUT2D eigenvalue weighted by atomic mass is 10.0. The van der Waals surface area contributed by atoms with Gasteiger partial charge in [0, 0.05) is 24.4 Å². The number of pyridine rings is 1. The molecule has 0 bridgehead atoms. The molecule has 0 radical (unpaired) electrons. The number of hydrogen-bond acceptors (Lipinski definition) is 6. The van der Waals surface area contributed by atoms with Crippen LogP contribution < -0.4 is 0 Å². The maximum absolute atomic E-state index is 9.10. The van der Waals surface area contributed by atoms with Crippen LogP contribution in [-0.4, -0.2) is 67.8 Å². The minimum atomic E-state index is -1.82. The lowest BCUT2D eigenvalue weighted by molar-refractivity contribution is -0.159. The Morgan fingerprint density at radius 3 is 1.84 bits per heavy atom. The topological polar surface area (TPSA) is 165 Å². The number of hydrogen-bond donors (Lipinski definition) is 4. The second-order valence-electron chi connectivity index (χ2n) is 6.60. The van der Waals surface area contributed by atoms with Crippen molar-refractivity contribution < 1.29 is 39.6 Å². The molecule has 0 aliphatic carbocycles. The highest BCUT2D eigenvalue weighted by atomic mass is 16.4. The molecule has 0 saturated carbocycles. The largest absolute Gasteiger partial charge is 0.473 e. The highest BCUT2D eigenvalue weighted by Gasteiger charge is 2.22. The maximum Gasteiger partial charge on any atom is 0.414 e. The van der Waals surface area contributed by atoms with E-state index in [0.717, 1.165) is 12.1 Å². The summed E-state index contributed by atoms with van der Waals surface area (Å²) in [6, 6.07) is 15.5. The molecule has 2 aromatic rings. The summed E-state index contributed by atoms with van der Waals surface area (Å²) >= 11 is 0. The van der Waals surface area contributed by atoms with E-state index in [-0.39, 0.29) is 0 Å². The number of nitrogens with zero attached hydrogens (tertiary/aromatic N) is 2. The van der Waals surface area contributed by atoms with Crippen LogP contribution in [-0.2, 0) is 25.6 Å². The van der Waals surface area contributed by atoms with Crippen LogP contribution in [0.5, 0.6) is 0 Å². The first-order valence-corrected chi connectivity index (χ1v) is 9.23. The standard InChI is InChI=1S/C17H20N2.2C2H2O4/c1-19-11-5-8-17(19)15-9-10-16(18-13-15)12-14-6-3-2-4-7-14;2*3-1(4)2(5)6/h2-4,6-7,9-10,13,17H,5,8,11-12H2,1H3;2*(H,3,4)(H,5,6). The zero-order valence-electron chi connectivity index (χ0n) is 16.8. The van der Waals surface area contributed by atoms with Crippen LogP contribution in [0.1, 0.15) is 35.7 Å². The molecule has 1 aliphatic rings. The summed E-state index contributed by atoms with van der Waals surface area (Å²) in [5.74, 6) is -7.30. The minimum absolute atomic E-state index is 0.568. The number of carbonyl (C=O) groups is 4. The summed E-state index contributed by atoms with van der Waals surface area (Å²) < 4.78 is 0. The van der Waals surface area contributed by atoms with Gasteiger partial charge in [0.25, 0.3) is 0 Å². The van der Waals surface area contributed by atoms with Gasteiger partial charge in [0.1, 0.15) is 0 Å². The van der Waals surface area contributed by atoms with Crippen LogP contribution in [0.4, 0.5) is 0 Å². The van der Waals surface area contributed by atoms with Crippen LogP contribution in [0.2, 0.25) is 0 Å². The van der Waals surface area contributed by atoms with Crippen LogP contribution in [0.15, 0.2) is 48.7 Å². The summed E-state index contributed by atoms with van der Waals surface area (Å²) in [5.41, 5.74) is 3.83. The zero-order valence-corrected chi connectivity index (χ0v) is 16.8. The van der Waals surface area contributed by atoms with Crippen molar-refractivity contribution in [3.8, 4) is 0 Å². The molecule has 1 aromatic heterocycles. The van der Waals surface area contributed by atoms with Gasteiger partial charge in [-0.25, -0.2) is 19.2 Å². The van der Waals surface area contributed by atoms with Crippen molar-refractivity contribution in [3.05, 3.63) is 65.5 Å². The van der Waals surface area contributed by atoms with Crippen LogP contribution in [0.3, 0.4) is 0 Å². The quantitative estimate of drug-likeness (QED) is 0.525. The van der Waals surface area contributed by atoms with E-state index in [4.69, 9.17) is 39.6 Å². The molecule has 1 aromatic carbocycles. The van der Waals surface area contributed by atoms with Crippen molar-refractivity contribution in [1.29, 1.82) is 0 Å². The highest BCUT2D eigenvalue weighted by molar-refractivity contribution is 6.27. The summed E-state index contributed by atoms with van der Waals surface area (Å²) in [4.78, 5) is 43.4. The van der Waals surface area contributed by atoms with Gasteiger partial charge in [-0.2, -0.15) is 0 Å². The van der Waals surface area contributed by atoms with E-state index in [1.165, 1.54) is 30.5 Å². The molecular weight excluding hydrogens is 408 g/mol. The van der Waals surface area contributed by atoms with E-state index in [0.29, 0.717) is 6.04 Å². The molecule has 1 atom stereocenters. The van der Waals surface area contributed by atoms with Gasteiger partial charge in [-0.05, 0) is 43.6 Å². The smallest absolute Gasteiger partial charge is 0.414 e. The van der Waals surface area contributed by atoms with Crippen molar-refractivity contribution in [3.63, 3.8) is 0 Å². The molecular formula is C21H24N2O8. The third-order valence-electron chi connectivity index (χ3n) is 4.35. The highest BCUT2D eigenvalue weighted by Crippen LogP contribution is 2.29. The van der Waals surface area contributed by atoms with Crippen LogP contribution in [0, 0.1) is 0 Å². The van der Waals surface area contributed by atoms with Gasteiger partial charge < -0.3 is 20.4 Å². The fourth-order valence-electron chi connectivity index (χ4n) is 2.87. The molecule has 2 heterocycles. The Labute approximate surface area is 178 Å². The molecule has 0 amide bonds. The van der Waals surface area contributed by atoms with E-state index in [2.05, 4.69) is 65.6 Å². The van der Waals surface area contributed by atoms with E-state index in [1.807, 2.05) is 0 Å². The van der Waals surface area contributed by atoms with E-state index in [9.17, 15) is 0 Å². The summed E-state index contributed by atoms with van der Waals surface area (Å²) in [6.45, 7) is 1.20. The minimum Gasteiger partial charge on any atom is -0.473 e. The Morgan fingerprint density at radius 2 is 1.45 bits per heavy atom. The number of carboxylic acid groups (broad SMARTS) is 4. The van der Waals surface area contributed by atoms with Crippen molar-refractivity contribution in [2.24, 2.45) is 0 Å². The van der Waals surface area contributed by atoms with Gasteiger partial charge in [-0.1, -0.05) is 36.4 Å². The molecule has 10 nitrogen and oxygen atoms in total.